The van der Waals surface area contributed by atoms with Gasteiger partial charge in [-0.15, -0.1) is 0 Å². The van der Waals surface area contributed by atoms with Crippen LogP contribution in [-0.4, -0.2) is 11.4 Å². The molecule has 0 aromatic heterocycles. The van der Waals surface area contributed by atoms with Crippen molar-refractivity contribution in [3.8, 4) is 0 Å². The molecule has 1 N–H and O–H groups in total. The van der Waals surface area contributed by atoms with Crippen molar-refractivity contribution in [2.45, 2.75) is 26.3 Å². The van der Waals surface area contributed by atoms with Crippen molar-refractivity contribution in [2.75, 3.05) is 5.32 Å². The Morgan fingerprint density at radius 3 is 2.54 bits per heavy atom. The van der Waals surface area contributed by atoms with Crippen LogP contribution in [0.15, 0.2) is 24.3 Å². The zero-order valence-corrected chi connectivity index (χ0v) is 8.90. The van der Waals surface area contributed by atoms with Crippen molar-refractivity contribution in [1.29, 1.82) is 0 Å². The summed E-state index contributed by atoms with van der Waals surface area (Å²) in [6, 6.07) is 8.81. The number of nitrogens with one attached hydrogen (secondary N) is 1. The highest BCUT2D eigenvalue weighted by Gasteiger charge is 1.98. The van der Waals surface area contributed by atoms with Gasteiger partial charge in [0.15, 0.2) is 0 Å². The van der Waals surface area contributed by atoms with Gasteiger partial charge in [0.25, 0.3) is 0 Å². The van der Waals surface area contributed by atoms with Crippen molar-refractivity contribution >= 4 is 23.3 Å². The number of aryl methyl sites for hydroxylation is 1. The molecule has 1 aromatic carbocycles. The summed E-state index contributed by atoms with van der Waals surface area (Å²) in [5.74, 6) is 0. The number of rotatable bonds is 4. The molecule has 1 rings (SSSR count). The smallest absolute Gasteiger partial charge is 0.0342 e. The molecule has 70 valence electrons. The van der Waals surface area contributed by atoms with Crippen LogP contribution in [0.2, 0.25) is 0 Å². The first-order valence-electron chi connectivity index (χ1n) is 4.49. The fraction of sp³-hybridized carbons (Fsp3) is 0.364. The van der Waals surface area contributed by atoms with Gasteiger partial charge in [-0.2, -0.15) is 0 Å². The maximum atomic E-state index is 4.80. The monoisotopic (exact) mass is 193 g/mol. The molecule has 0 radical (unpaired) electrons. The number of anilines is 1. The SMILES string of the molecule is Cc1ccc(NC(C)CC=S)cc1. The van der Waals surface area contributed by atoms with Crippen molar-refractivity contribution in [3.63, 3.8) is 0 Å². The summed E-state index contributed by atoms with van der Waals surface area (Å²) in [4.78, 5) is 0. The summed E-state index contributed by atoms with van der Waals surface area (Å²) >= 11 is 4.80. The van der Waals surface area contributed by atoms with Crippen molar-refractivity contribution < 1.29 is 0 Å². The second kappa shape index (κ2) is 4.97. The third-order valence-electron chi connectivity index (χ3n) is 1.91. The summed E-state index contributed by atoms with van der Waals surface area (Å²) in [5, 5.41) is 5.14. The molecule has 0 amide bonds. The van der Waals surface area contributed by atoms with E-state index < -0.39 is 0 Å². The lowest BCUT2D eigenvalue weighted by Crippen LogP contribution is -2.14. The van der Waals surface area contributed by atoms with Crippen LogP contribution >= 0.6 is 12.2 Å². The quantitative estimate of drug-likeness (QED) is 0.737. The van der Waals surface area contributed by atoms with E-state index in [2.05, 4.69) is 43.4 Å². The summed E-state index contributed by atoms with van der Waals surface area (Å²) in [7, 11) is 0. The lowest BCUT2D eigenvalue weighted by Gasteiger charge is -2.12. The highest BCUT2D eigenvalue weighted by atomic mass is 32.1. The molecule has 0 saturated heterocycles. The normalized spacial score (nSPS) is 12.2. The van der Waals surface area contributed by atoms with E-state index in [4.69, 9.17) is 12.2 Å². The molecule has 2 heteroatoms. The molecule has 0 bridgehead atoms. The van der Waals surface area contributed by atoms with Gasteiger partial charge in [0.2, 0.25) is 0 Å². The van der Waals surface area contributed by atoms with Crippen LogP contribution in [-0.2, 0) is 0 Å². The number of hydrogen-bond acceptors (Lipinski definition) is 2. The predicted molar refractivity (Wildman–Crippen MR) is 62.5 cm³/mol. The van der Waals surface area contributed by atoms with Gasteiger partial charge >= 0.3 is 0 Å². The average molecular weight is 193 g/mol. The topological polar surface area (TPSA) is 12.0 Å². The molecule has 0 aliphatic heterocycles. The lowest BCUT2D eigenvalue weighted by molar-refractivity contribution is 0.851. The van der Waals surface area contributed by atoms with E-state index >= 15 is 0 Å². The first kappa shape index (κ1) is 10.2. The fourth-order valence-corrected chi connectivity index (χ4v) is 1.43. The van der Waals surface area contributed by atoms with Gasteiger partial charge in [-0.3, -0.25) is 0 Å². The highest BCUT2D eigenvalue weighted by Crippen LogP contribution is 2.10. The zero-order valence-electron chi connectivity index (χ0n) is 8.08. The fourth-order valence-electron chi connectivity index (χ4n) is 1.14. The molecule has 1 unspecified atom stereocenters. The second-order valence-corrected chi connectivity index (χ2v) is 3.65. The van der Waals surface area contributed by atoms with Gasteiger partial charge in [-0.25, -0.2) is 0 Å². The molecule has 0 saturated carbocycles. The molecule has 0 heterocycles. The number of hydrogen-bond donors (Lipinski definition) is 1. The Bertz CT molecular complexity index is 266. The van der Waals surface area contributed by atoms with Gasteiger partial charge in [0, 0.05) is 11.7 Å². The molecule has 1 nitrogen and oxygen atoms in total. The second-order valence-electron chi connectivity index (χ2n) is 3.31. The molecule has 0 aliphatic carbocycles. The maximum Gasteiger partial charge on any atom is 0.0342 e. The van der Waals surface area contributed by atoms with Crippen LogP contribution in [0.5, 0.6) is 0 Å². The van der Waals surface area contributed by atoms with E-state index in [1.54, 1.807) is 5.37 Å². The van der Waals surface area contributed by atoms with Crippen LogP contribution in [0.1, 0.15) is 18.9 Å². The van der Waals surface area contributed by atoms with Gasteiger partial charge < -0.3 is 5.32 Å². The molecule has 0 fully saturated rings. The van der Waals surface area contributed by atoms with E-state index in [-0.39, 0.29) is 0 Å². The predicted octanol–water partition coefficient (Wildman–Crippen LogP) is 3.19. The summed E-state index contributed by atoms with van der Waals surface area (Å²) in [6.45, 7) is 4.22. The Kier molecular flexibility index (Phi) is 3.90. The lowest BCUT2D eigenvalue weighted by atomic mass is 10.2. The van der Waals surface area contributed by atoms with E-state index in [0.29, 0.717) is 6.04 Å². The molecule has 1 aromatic rings. The number of benzene rings is 1. The minimum absolute atomic E-state index is 0.417. The number of thiocarbonyl (C=S) groups is 1. The minimum atomic E-state index is 0.417. The average Bonchev–Trinajstić information content (AvgIpc) is 2.09. The van der Waals surface area contributed by atoms with Crippen LogP contribution in [0.25, 0.3) is 0 Å². The maximum absolute atomic E-state index is 4.80. The van der Waals surface area contributed by atoms with Gasteiger partial charge in [0.1, 0.15) is 0 Å². The standard InChI is InChI=1S/C11H15NS/c1-9-3-5-11(6-4-9)12-10(2)7-8-13/h3-6,8,10,12H,7H2,1-2H3. The van der Waals surface area contributed by atoms with Crippen molar-refractivity contribution in [2.24, 2.45) is 0 Å². The van der Waals surface area contributed by atoms with Crippen LogP contribution in [0.4, 0.5) is 5.69 Å². The third-order valence-corrected chi connectivity index (χ3v) is 2.11. The molecule has 1 atom stereocenters. The Hall–Kier alpha value is -0.890. The first-order chi connectivity index (χ1) is 6.22. The molecule has 13 heavy (non-hydrogen) atoms. The van der Waals surface area contributed by atoms with E-state index in [9.17, 15) is 0 Å². The van der Waals surface area contributed by atoms with Gasteiger partial charge in [0.05, 0.1) is 0 Å². The Morgan fingerprint density at radius 1 is 1.38 bits per heavy atom. The summed E-state index contributed by atoms with van der Waals surface area (Å²) < 4.78 is 0. The van der Waals surface area contributed by atoms with Crippen LogP contribution in [0, 0.1) is 6.92 Å². The van der Waals surface area contributed by atoms with Crippen LogP contribution in [0.3, 0.4) is 0 Å². The van der Waals surface area contributed by atoms with E-state index in [1.807, 2.05) is 0 Å². The molecular formula is C11H15NS. The third kappa shape index (κ3) is 3.55. The largest absolute Gasteiger partial charge is 0.382 e. The van der Waals surface area contributed by atoms with E-state index in [1.165, 1.54) is 5.56 Å². The molecular weight excluding hydrogens is 178 g/mol. The molecule has 0 aliphatic rings. The van der Waals surface area contributed by atoms with Crippen molar-refractivity contribution in [1.82, 2.24) is 0 Å². The first-order valence-corrected chi connectivity index (χ1v) is 4.96. The minimum Gasteiger partial charge on any atom is -0.382 e. The Morgan fingerprint density at radius 2 is 2.00 bits per heavy atom. The van der Waals surface area contributed by atoms with Crippen molar-refractivity contribution in [3.05, 3.63) is 29.8 Å². The summed E-state index contributed by atoms with van der Waals surface area (Å²) in [6.07, 6.45) is 0.920. The summed E-state index contributed by atoms with van der Waals surface area (Å²) in [5.41, 5.74) is 2.45. The van der Waals surface area contributed by atoms with Crippen LogP contribution < -0.4 is 5.32 Å². The van der Waals surface area contributed by atoms with E-state index in [0.717, 1.165) is 12.1 Å². The van der Waals surface area contributed by atoms with Gasteiger partial charge in [-0.05, 0) is 37.8 Å². The zero-order chi connectivity index (χ0) is 9.68. The van der Waals surface area contributed by atoms with Gasteiger partial charge in [-0.1, -0.05) is 29.9 Å². The Labute approximate surface area is 85.2 Å². The molecule has 0 spiro atoms. The Balaban J connectivity index is 2.53. The highest BCUT2D eigenvalue weighted by molar-refractivity contribution is 7.78.